The van der Waals surface area contributed by atoms with Gasteiger partial charge in [-0.15, -0.1) is 0 Å². The molecule has 1 unspecified atom stereocenters. The van der Waals surface area contributed by atoms with Crippen molar-refractivity contribution in [3.63, 3.8) is 0 Å². The number of non-ortho nitro benzene ring substituents is 1. The Kier molecular flexibility index (Phi) is 5.98. The zero-order chi connectivity index (χ0) is 19.6. The van der Waals surface area contributed by atoms with Crippen LogP contribution in [0.1, 0.15) is 25.8 Å². The number of hydrogen-bond acceptors (Lipinski definition) is 7. The number of aliphatic carboxylic acids is 1. The van der Waals surface area contributed by atoms with Crippen LogP contribution in [-0.4, -0.2) is 42.3 Å². The largest absolute Gasteiger partial charge is 0.507 e. The molecule has 1 aromatic carbocycles. The number of nitro benzene ring substituents is 1. The molecule has 1 aromatic rings. The second kappa shape index (κ2) is 7.83. The number of carbonyl (C=O) groups is 2. The lowest BCUT2D eigenvalue weighted by molar-refractivity contribution is -0.384. The highest BCUT2D eigenvalue weighted by molar-refractivity contribution is 8.26. The zero-order valence-electron chi connectivity index (χ0n) is 13.9. The Morgan fingerprint density at radius 1 is 1.46 bits per heavy atom. The van der Waals surface area contributed by atoms with Crippen LogP contribution in [0, 0.1) is 16.0 Å². The van der Waals surface area contributed by atoms with E-state index in [1.807, 2.05) is 13.8 Å². The first-order valence-corrected chi connectivity index (χ1v) is 8.81. The van der Waals surface area contributed by atoms with E-state index in [1.165, 1.54) is 6.08 Å². The average Bonchev–Trinajstić information content (AvgIpc) is 2.80. The molecule has 1 fully saturated rings. The van der Waals surface area contributed by atoms with Gasteiger partial charge in [0.15, 0.2) is 0 Å². The summed E-state index contributed by atoms with van der Waals surface area (Å²) in [5.41, 5.74) is -0.164. The van der Waals surface area contributed by atoms with E-state index in [4.69, 9.17) is 12.2 Å². The van der Waals surface area contributed by atoms with Gasteiger partial charge in [0, 0.05) is 17.7 Å². The molecular weight excluding hydrogens is 380 g/mol. The summed E-state index contributed by atoms with van der Waals surface area (Å²) in [6.07, 6.45) is 1.51. The third-order valence-electron chi connectivity index (χ3n) is 3.62. The number of thioether (sulfide) groups is 1. The highest BCUT2D eigenvalue weighted by atomic mass is 32.2. The first-order chi connectivity index (χ1) is 12.1. The molecule has 0 aliphatic carbocycles. The molecule has 10 heteroatoms. The van der Waals surface area contributed by atoms with Gasteiger partial charge in [-0.25, -0.2) is 4.79 Å². The smallest absolute Gasteiger partial charge is 0.326 e. The molecule has 1 aliphatic rings. The summed E-state index contributed by atoms with van der Waals surface area (Å²) in [5, 5.41) is 30.2. The van der Waals surface area contributed by atoms with Crippen LogP contribution in [-0.2, 0) is 9.59 Å². The summed E-state index contributed by atoms with van der Waals surface area (Å²) in [6.45, 7) is 3.68. The number of amides is 1. The standard InChI is InChI=1S/C16H16N2O6S2/c1-8(2)5-11(15(21)22)17-14(20)13(26-16(17)25)7-9-6-10(18(23)24)3-4-12(9)19/h3-4,6-8,11,19H,5H2,1-2H3,(H,21,22). The van der Waals surface area contributed by atoms with E-state index in [9.17, 15) is 29.9 Å². The zero-order valence-corrected chi connectivity index (χ0v) is 15.5. The van der Waals surface area contributed by atoms with Crippen molar-refractivity contribution in [2.45, 2.75) is 26.3 Å². The molecule has 26 heavy (non-hydrogen) atoms. The van der Waals surface area contributed by atoms with E-state index < -0.39 is 22.8 Å². The van der Waals surface area contributed by atoms with Crippen LogP contribution in [0.15, 0.2) is 23.1 Å². The molecule has 1 aliphatic heterocycles. The average molecular weight is 396 g/mol. The number of carboxylic acid groups (broad SMARTS) is 1. The van der Waals surface area contributed by atoms with Crippen molar-refractivity contribution in [1.29, 1.82) is 0 Å². The van der Waals surface area contributed by atoms with Gasteiger partial charge in [-0.3, -0.25) is 19.8 Å². The summed E-state index contributed by atoms with van der Waals surface area (Å²) in [6, 6.07) is 2.34. The number of phenols is 1. The summed E-state index contributed by atoms with van der Waals surface area (Å²) < 4.78 is 0.0965. The van der Waals surface area contributed by atoms with Crippen LogP contribution in [0.4, 0.5) is 5.69 Å². The van der Waals surface area contributed by atoms with E-state index in [2.05, 4.69) is 0 Å². The SMILES string of the molecule is CC(C)CC(C(=O)O)N1C(=O)C(=Cc2cc([N+](=O)[O-])ccc2O)SC1=S. The number of thiocarbonyl (C=S) groups is 1. The highest BCUT2D eigenvalue weighted by Crippen LogP contribution is 2.37. The van der Waals surface area contributed by atoms with Gasteiger partial charge in [-0.2, -0.15) is 0 Å². The molecule has 0 radical (unpaired) electrons. The normalized spacial score (nSPS) is 17.2. The van der Waals surface area contributed by atoms with Crippen LogP contribution >= 0.6 is 24.0 Å². The fourth-order valence-corrected chi connectivity index (χ4v) is 3.77. The monoisotopic (exact) mass is 396 g/mol. The molecule has 8 nitrogen and oxygen atoms in total. The molecular formula is C16H16N2O6S2. The topological polar surface area (TPSA) is 121 Å². The van der Waals surface area contributed by atoms with Crippen molar-refractivity contribution in [2.75, 3.05) is 0 Å². The van der Waals surface area contributed by atoms with Crippen molar-refractivity contribution in [3.05, 3.63) is 38.8 Å². The first kappa shape index (κ1) is 19.9. The third kappa shape index (κ3) is 4.20. The van der Waals surface area contributed by atoms with E-state index in [0.29, 0.717) is 0 Å². The number of hydrogen-bond donors (Lipinski definition) is 2. The maximum Gasteiger partial charge on any atom is 0.326 e. The second-order valence-electron chi connectivity index (χ2n) is 6.04. The molecule has 1 heterocycles. The number of carboxylic acids is 1. The minimum Gasteiger partial charge on any atom is -0.507 e. The molecule has 1 atom stereocenters. The molecule has 1 amide bonds. The predicted molar refractivity (Wildman–Crippen MR) is 101 cm³/mol. The van der Waals surface area contributed by atoms with E-state index >= 15 is 0 Å². The second-order valence-corrected chi connectivity index (χ2v) is 7.71. The van der Waals surface area contributed by atoms with Gasteiger partial charge in [0.2, 0.25) is 0 Å². The van der Waals surface area contributed by atoms with E-state index in [1.54, 1.807) is 0 Å². The fourth-order valence-electron chi connectivity index (χ4n) is 2.42. The summed E-state index contributed by atoms with van der Waals surface area (Å²) >= 11 is 6.05. The Labute approximate surface area is 158 Å². The van der Waals surface area contributed by atoms with Gasteiger partial charge < -0.3 is 10.2 Å². The van der Waals surface area contributed by atoms with Crippen LogP contribution in [0.3, 0.4) is 0 Å². The quantitative estimate of drug-likeness (QED) is 0.326. The molecule has 0 bridgehead atoms. The van der Waals surface area contributed by atoms with E-state index in [-0.39, 0.29) is 38.6 Å². The van der Waals surface area contributed by atoms with Gasteiger partial charge in [-0.05, 0) is 24.5 Å². The lowest BCUT2D eigenvalue weighted by atomic mass is 10.0. The Balaban J connectivity index is 2.39. The maximum atomic E-state index is 12.6. The molecule has 0 saturated carbocycles. The number of benzene rings is 1. The molecule has 2 rings (SSSR count). The van der Waals surface area contributed by atoms with E-state index in [0.717, 1.165) is 34.9 Å². The highest BCUT2D eigenvalue weighted by Gasteiger charge is 2.40. The molecule has 2 N–H and O–H groups in total. The van der Waals surface area contributed by atoms with Gasteiger partial charge in [0.1, 0.15) is 16.1 Å². The van der Waals surface area contributed by atoms with Crippen molar-refractivity contribution < 1.29 is 24.7 Å². The Bertz CT molecular complexity index is 821. The number of aromatic hydroxyl groups is 1. The van der Waals surface area contributed by atoms with Crippen LogP contribution < -0.4 is 0 Å². The van der Waals surface area contributed by atoms with Gasteiger partial charge >= 0.3 is 5.97 Å². The number of phenolic OH excluding ortho intramolecular Hbond substituents is 1. The third-order valence-corrected chi connectivity index (χ3v) is 4.95. The van der Waals surface area contributed by atoms with Crippen LogP contribution in [0.25, 0.3) is 6.08 Å². The number of rotatable bonds is 6. The van der Waals surface area contributed by atoms with Crippen molar-refractivity contribution >= 4 is 51.9 Å². The van der Waals surface area contributed by atoms with Crippen molar-refractivity contribution in [3.8, 4) is 5.75 Å². The minimum atomic E-state index is -1.16. The van der Waals surface area contributed by atoms with Crippen molar-refractivity contribution in [2.24, 2.45) is 5.92 Å². The lowest BCUT2D eigenvalue weighted by Gasteiger charge is -2.24. The van der Waals surface area contributed by atoms with Gasteiger partial charge in [0.25, 0.3) is 11.6 Å². The maximum absolute atomic E-state index is 12.6. The molecule has 1 saturated heterocycles. The minimum absolute atomic E-state index is 0.0329. The lowest BCUT2D eigenvalue weighted by Crippen LogP contribution is -2.44. The van der Waals surface area contributed by atoms with Crippen molar-refractivity contribution in [1.82, 2.24) is 4.90 Å². The molecule has 0 aromatic heterocycles. The van der Waals surface area contributed by atoms with Crippen LogP contribution in [0.5, 0.6) is 5.75 Å². The summed E-state index contributed by atoms with van der Waals surface area (Å²) in [4.78, 5) is 35.6. The van der Waals surface area contributed by atoms with Crippen LogP contribution in [0.2, 0.25) is 0 Å². The molecule has 0 spiro atoms. The first-order valence-electron chi connectivity index (χ1n) is 7.59. The van der Waals surface area contributed by atoms with Gasteiger partial charge in [0.05, 0.1) is 9.83 Å². The number of nitrogens with zero attached hydrogens (tertiary/aromatic N) is 2. The Morgan fingerprint density at radius 3 is 2.65 bits per heavy atom. The molecule has 138 valence electrons. The Hall–Kier alpha value is -2.46. The summed E-state index contributed by atoms with van der Waals surface area (Å²) in [7, 11) is 0. The van der Waals surface area contributed by atoms with Gasteiger partial charge in [-0.1, -0.05) is 37.8 Å². The Morgan fingerprint density at radius 2 is 2.12 bits per heavy atom. The fraction of sp³-hybridized carbons (Fsp3) is 0.312. The number of carbonyl (C=O) groups excluding carboxylic acids is 1. The predicted octanol–water partition coefficient (Wildman–Crippen LogP) is 3.00. The summed E-state index contributed by atoms with van der Waals surface area (Å²) in [5.74, 6) is -1.96. The number of nitro groups is 1.